The van der Waals surface area contributed by atoms with Gasteiger partial charge in [0.15, 0.2) is 5.17 Å². The van der Waals surface area contributed by atoms with Crippen molar-refractivity contribution in [3.63, 3.8) is 0 Å². The summed E-state index contributed by atoms with van der Waals surface area (Å²) in [6, 6.07) is 14.6. The summed E-state index contributed by atoms with van der Waals surface area (Å²) in [6.45, 7) is 0. The van der Waals surface area contributed by atoms with E-state index >= 15 is 0 Å². The van der Waals surface area contributed by atoms with Crippen molar-refractivity contribution in [1.82, 2.24) is 4.90 Å². The van der Waals surface area contributed by atoms with Gasteiger partial charge in [0.2, 0.25) is 5.91 Å². The summed E-state index contributed by atoms with van der Waals surface area (Å²) in [7, 11) is 1.97. The van der Waals surface area contributed by atoms with E-state index in [-0.39, 0.29) is 11.9 Å². The zero-order valence-corrected chi connectivity index (χ0v) is 15.9. The molecule has 1 saturated heterocycles. The minimum absolute atomic E-state index is 0.0208. The molecule has 1 aliphatic rings. The summed E-state index contributed by atoms with van der Waals surface area (Å²) in [5.74, 6) is 0.809. The van der Waals surface area contributed by atoms with Gasteiger partial charge in [-0.25, -0.2) is 4.99 Å². The quantitative estimate of drug-likeness (QED) is 0.789. The van der Waals surface area contributed by atoms with Crippen molar-refractivity contribution in [2.45, 2.75) is 12.5 Å². The van der Waals surface area contributed by atoms with E-state index in [0.29, 0.717) is 16.5 Å². The molecule has 25 heavy (non-hydrogen) atoms. The van der Waals surface area contributed by atoms with Crippen molar-refractivity contribution >= 4 is 57.4 Å². The smallest absolute Gasteiger partial charge is 0.226 e. The number of hydrogen-bond acceptors (Lipinski definition) is 3. The number of halogens is 2. The van der Waals surface area contributed by atoms with Gasteiger partial charge in [0.05, 0.1) is 5.69 Å². The largest absolute Gasteiger partial charge is 0.350 e. The number of hydrogen-bond donors (Lipinski definition) is 1. The lowest BCUT2D eigenvalue weighted by molar-refractivity contribution is -0.116. The number of thioether (sulfide) groups is 1. The van der Waals surface area contributed by atoms with Crippen LogP contribution in [0.2, 0.25) is 10.0 Å². The Morgan fingerprint density at radius 2 is 1.76 bits per heavy atom. The molecule has 1 aliphatic heterocycles. The summed E-state index contributed by atoms with van der Waals surface area (Å²) in [6.07, 6.45) is 0.408. The fraction of sp³-hybridized carbons (Fsp3) is 0.222. The SMILES string of the molecule is CN1C(=Nc2ccc(Cl)cc2)SCC1CC(=O)Nc1ccc(Cl)cc1. The lowest BCUT2D eigenvalue weighted by Crippen LogP contribution is -2.33. The molecule has 2 aromatic carbocycles. The first-order chi connectivity index (χ1) is 12.0. The van der Waals surface area contributed by atoms with Gasteiger partial charge >= 0.3 is 0 Å². The van der Waals surface area contributed by atoms with Gasteiger partial charge in [0.25, 0.3) is 0 Å². The maximum Gasteiger partial charge on any atom is 0.226 e. The van der Waals surface area contributed by atoms with Crippen LogP contribution in [0.4, 0.5) is 11.4 Å². The second kappa shape index (κ2) is 8.13. The Hall–Kier alpha value is -1.69. The van der Waals surface area contributed by atoms with E-state index in [1.165, 1.54) is 0 Å². The molecule has 3 rings (SSSR count). The van der Waals surface area contributed by atoms with E-state index in [1.807, 2.05) is 31.3 Å². The molecule has 1 N–H and O–H groups in total. The molecule has 0 bridgehead atoms. The number of nitrogens with zero attached hydrogens (tertiary/aromatic N) is 2. The van der Waals surface area contributed by atoms with Gasteiger partial charge in [-0.2, -0.15) is 0 Å². The summed E-state index contributed by atoms with van der Waals surface area (Å²) in [5, 5.41) is 5.14. The minimum Gasteiger partial charge on any atom is -0.350 e. The van der Waals surface area contributed by atoms with Crippen molar-refractivity contribution in [3.8, 4) is 0 Å². The van der Waals surface area contributed by atoms with E-state index in [4.69, 9.17) is 23.2 Å². The van der Waals surface area contributed by atoms with E-state index in [1.54, 1.807) is 36.0 Å². The van der Waals surface area contributed by atoms with Crippen LogP contribution >= 0.6 is 35.0 Å². The molecule has 130 valence electrons. The van der Waals surface area contributed by atoms with Crippen LogP contribution in [0.5, 0.6) is 0 Å². The van der Waals surface area contributed by atoms with Gasteiger partial charge in [-0.1, -0.05) is 35.0 Å². The Morgan fingerprint density at radius 1 is 1.16 bits per heavy atom. The molecular formula is C18H17Cl2N3OS. The number of carbonyl (C=O) groups excluding carboxylic acids is 1. The van der Waals surface area contributed by atoms with Crippen molar-refractivity contribution in [3.05, 3.63) is 58.6 Å². The lowest BCUT2D eigenvalue weighted by Gasteiger charge is -2.20. The Labute approximate surface area is 161 Å². The third-order valence-corrected chi connectivity index (χ3v) is 5.55. The average molecular weight is 394 g/mol. The molecule has 1 heterocycles. The first-order valence-corrected chi connectivity index (χ1v) is 9.51. The van der Waals surface area contributed by atoms with Crippen molar-refractivity contribution < 1.29 is 4.79 Å². The Morgan fingerprint density at radius 3 is 2.40 bits per heavy atom. The molecule has 7 heteroatoms. The normalized spacial score (nSPS) is 18.6. The molecule has 0 aromatic heterocycles. The predicted octanol–water partition coefficient (Wildman–Crippen LogP) is 5.06. The number of amidine groups is 1. The highest BCUT2D eigenvalue weighted by Gasteiger charge is 2.29. The number of rotatable bonds is 4. The van der Waals surface area contributed by atoms with E-state index in [2.05, 4.69) is 15.2 Å². The third kappa shape index (κ3) is 4.91. The highest BCUT2D eigenvalue weighted by Crippen LogP contribution is 2.28. The maximum atomic E-state index is 12.3. The van der Waals surface area contributed by atoms with Crippen LogP contribution in [-0.4, -0.2) is 34.8 Å². The van der Waals surface area contributed by atoms with Gasteiger partial charge in [0, 0.05) is 41.0 Å². The van der Waals surface area contributed by atoms with E-state index < -0.39 is 0 Å². The predicted molar refractivity (Wildman–Crippen MR) is 107 cm³/mol. The van der Waals surface area contributed by atoms with E-state index in [0.717, 1.165) is 22.3 Å². The molecule has 0 saturated carbocycles. The molecular weight excluding hydrogens is 377 g/mol. The van der Waals surface area contributed by atoms with Crippen molar-refractivity contribution in [1.29, 1.82) is 0 Å². The number of amides is 1. The van der Waals surface area contributed by atoms with Crippen LogP contribution < -0.4 is 5.32 Å². The lowest BCUT2D eigenvalue weighted by atomic mass is 10.2. The summed E-state index contributed by atoms with van der Waals surface area (Å²) in [4.78, 5) is 19.0. The molecule has 1 amide bonds. The second-order valence-corrected chi connectivity index (χ2v) is 7.57. The van der Waals surface area contributed by atoms with Crippen molar-refractivity contribution in [2.24, 2.45) is 4.99 Å². The minimum atomic E-state index is -0.0208. The number of aliphatic imine (C=N–C) groups is 1. The topological polar surface area (TPSA) is 44.7 Å². The average Bonchev–Trinajstić information content (AvgIpc) is 2.92. The molecule has 1 fully saturated rings. The van der Waals surface area contributed by atoms with Gasteiger partial charge in [-0.3, -0.25) is 4.79 Å². The highest BCUT2D eigenvalue weighted by molar-refractivity contribution is 8.14. The molecule has 4 nitrogen and oxygen atoms in total. The van der Waals surface area contributed by atoms with Crippen molar-refractivity contribution in [2.75, 3.05) is 18.1 Å². The molecule has 0 spiro atoms. The fourth-order valence-electron chi connectivity index (χ4n) is 2.43. The van der Waals surface area contributed by atoms with Crippen LogP contribution in [0.3, 0.4) is 0 Å². The first-order valence-electron chi connectivity index (χ1n) is 7.76. The van der Waals surface area contributed by atoms with Gasteiger partial charge < -0.3 is 10.2 Å². The second-order valence-electron chi connectivity index (χ2n) is 5.71. The zero-order valence-electron chi connectivity index (χ0n) is 13.6. The Bertz CT molecular complexity index is 778. The summed E-state index contributed by atoms with van der Waals surface area (Å²) in [5.41, 5.74) is 1.60. The number of benzene rings is 2. The van der Waals surface area contributed by atoms with Crippen LogP contribution in [-0.2, 0) is 4.79 Å². The third-order valence-electron chi connectivity index (χ3n) is 3.85. The zero-order chi connectivity index (χ0) is 17.8. The van der Waals surface area contributed by atoms with E-state index in [9.17, 15) is 4.79 Å². The summed E-state index contributed by atoms with van der Waals surface area (Å²) < 4.78 is 0. The molecule has 0 aliphatic carbocycles. The first kappa shape index (κ1) is 18.1. The highest BCUT2D eigenvalue weighted by atomic mass is 35.5. The Kier molecular flexibility index (Phi) is 5.89. The molecule has 1 atom stereocenters. The Balaban J connectivity index is 1.59. The van der Waals surface area contributed by atoms with Crippen LogP contribution in [0.1, 0.15) is 6.42 Å². The monoisotopic (exact) mass is 393 g/mol. The number of anilines is 1. The maximum absolute atomic E-state index is 12.3. The molecule has 2 aromatic rings. The van der Waals surface area contributed by atoms with Crippen LogP contribution in [0, 0.1) is 0 Å². The van der Waals surface area contributed by atoms with Crippen LogP contribution in [0.15, 0.2) is 53.5 Å². The number of nitrogens with one attached hydrogen (secondary N) is 1. The standard InChI is InChI=1S/C18H17Cl2N3OS/c1-23-16(10-17(24)21-14-6-2-12(19)3-7-14)11-25-18(23)22-15-8-4-13(20)5-9-15/h2-9,16H,10-11H2,1H3,(H,21,24). The van der Waals surface area contributed by atoms with Gasteiger partial charge in [-0.15, -0.1) is 0 Å². The molecule has 0 radical (unpaired) electrons. The summed E-state index contributed by atoms with van der Waals surface area (Å²) >= 11 is 13.4. The van der Waals surface area contributed by atoms with Gasteiger partial charge in [0.1, 0.15) is 0 Å². The number of carbonyl (C=O) groups is 1. The van der Waals surface area contributed by atoms with Crippen LogP contribution in [0.25, 0.3) is 0 Å². The fourth-order valence-corrected chi connectivity index (χ4v) is 3.89. The van der Waals surface area contributed by atoms with Gasteiger partial charge in [-0.05, 0) is 48.5 Å². The molecule has 1 unspecified atom stereocenters.